The summed E-state index contributed by atoms with van der Waals surface area (Å²) in [5, 5.41) is 15.7. The molecule has 8 heteroatoms. The molecule has 0 aliphatic heterocycles. The zero-order valence-electron chi connectivity index (χ0n) is 14.8. The SMILES string of the molecule is CCc1nn(CC(=O)Nc2ccc(OCc3ccccc3)cc2)c(=N)s1.Cl. The van der Waals surface area contributed by atoms with E-state index in [1.54, 1.807) is 12.1 Å². The fourth-order valence-electron chi connectivity index (χ4n) is 2.33. The van der Waals surface area contributed by atoms with Crippen molar-refractivity contribution in [2.75, 3.05) is 5.32 Å². The molecule has 1 aromatic heterocycles. The van der Waals surface area contributed by atoms with Crippen LogP contribution in [0.15, 0.2) is 54.6 Å². The maximum absolute atomic E-state index is 12.1. The van der Waals surface area contributed by atoms with Crippen LogP contribution in [0.2, 0.25) is 0 Å². The van der Waals surface area contributed by atoms with Crippen molar-refractivity contribution in [2.24, 2.45) is 0 Å². The molecule has 0 spiro atoms. The first kappa shape index (κ1) is 20.7. The number of nitrogens with zero attached hydrogens (tertiary/aromatic N) is 2. The van der Waals surface area contributed by atoms with Crippen LogP contribution in [0.3, 0.4) is 0 Å². The largest absolute Gasteiger partial charge is 0.489 e. The molecule has 0 unspecified atom stereocenters. The Labute approximate surface area is 167 Å². The van der Waals surface area contributed by atoms with E-state index in [0.29, 0.717) is 12.3 Å². The maximum Gasteiger partial charge on any atom is 0.246 e. The molecule has 3 aromatic rings. The molecule has 142 valence electrons. The summed E-state index contributed by atoms with van der Waals surface area (Å²) >= 11 is 1.29. The fraction of sp³-hybridized carbons (Fsp3) is 0.211. The Morgan fingerprint density at radius 1 is 1.19 bits per heavy atom. The molecule has 3 rings (SSSR count). The fourth-order valence-corrected chi connectivity index (χ4v) is 3.04. The number of carbonyl (C=O) groups is 1. The Hall–Kier alpha value is -2.64. The minimum absolute atomic E-state index is 0. The van der Waals surface area contributed by atoms with Crippen molar-refractivity contribution in [3.8, 4) is 5.75 Å². The lowest BCUT2D eigenvalue weighted by atomic mass is 10.2. The number of ether oxygens (including phenoxy) is 1. The van der Waals surface area contributed by atoms with E-state index in [9.17, 15) is 4.79 Å². The van der Waals surface area contributed by atoms with Crippen LogP contribution in [0, 0.1) is 5.41 Å². The molecule has 6 nitrogen and oxygen atoms in total. The van der Waals surface area contributed by atoms with Gasteiger partial charge >= 0.3 is 0 Å². The Morgan fingerprint density at radius 3 is 2.52 bits per heavy atom. The number of hydrogen-bond acceptors (Lipinski definition) is 5. The predicted octanol–water partition coefficient (Wildman–Crippen LogP) is 3.63. The average molecular weight is 405 g/mol. The molecule has 1 heterocycles. The number of benzene rings is 2. The van der Waals surface area contributed by atoms with Crippen molar-refractivity contribution >= 4 is 35.3 Å². The Kier molecular flexibility index (Phi) is 7.57. The molecule has 0 saturated heterocycles. The van der Waals surface area contributed by atoms with Gasteiger partial charge in [-0.1, -0.05) is 48.6 Å². The van der Waals surface area contributed by atoms with Gasteiger partial charge in [-0.3, -0.25) is 10.2 Å². The third kappa shape index (κ3) is 5.94. The topological polar surface area (TPSA) is 80.0 Å². The van der Waals surface area contributed by atoms with Gasteiger partial charge in [0, 0.05) is 5.69 Å². The van der Waals surface area contributed by atoms with E-state index in [1.807, 2.05) is 49.4 Å². The second-order valence-electron chi connectivity index (χ2n) is 5.66. The minimum atomic E-state index is -0.214. The normalized spacial score (nSPS) is 10.1. The maximum atomic E-state index is 12.1. The van der Waals surface area contributed by atoms with Crippen molar-refractivity contribution in [3.63, 3.8) is 0 Å². The molecule has 0 saturated carbocycles. The molecule has 2 aromatic carbocycles. The number of aromatic nitrogens is 2. The lowest BCUT2D eigenvalue weighted by Crippen LogP contribution is -2.25. The van der Waals surface area contributed by atoms with E-state index in [-0.39, 0.29) is 29.7 Å². The van der Waals surface area contributed by atoms with E-state index in [4.69, 9.17) is 10.1 Å². The number of anilines is 1. The summed E-state index contributed by atoms with van der Waals surface area (Å²) in [5.74, 6) is 0.524. The lowest BCUT2D eigenvalue weighted by molar-refractivity contribution is -0.117. The molecule has 1 amide bonds. The molecule has 0 bridgehead atoms. The van der Waals surface area contributed by atoms with Crippen molar-refractivity contribution in [1.82, 2.24) is 9.78 Å². The highest BCUT2D eigenvalue weighted by Gasteiger charge is 2.08. The van der Waals surface area contributed by atoms with E-state index in [0.717, 1.165) is 22.7 Å². The van der Waals surface area contributed by atoms with Crippen molar-refractivity contribution in [3.05, 3.63) is 70.0 Å². The highest BCUT2D eigenvalue weighted by Crippen LogP contribution is 2.17. The molecular weight excluding hydrogens is 384 g/mol. The van der Waals surface area contributed by atoms with Crippen molar-refractivity contribution < 1.29 is 9.53 Å². The number of halogens is 1. The summed E-state index contributed by atoms with van der Waals surface area (Å²) < 4.78 is 7.14. The first-order valence-electron chi connectivity index (χ1n) is 8.32. The van der Waals surface area contributed by atoms with Crippen molar-refractivity contribution in [1.29, 1.82) is 5.41 Å². The summed E-state index contributed by atoms with van der Waals surface area (Å²) in [6.45, 7) is 2.50. The van der Waals surface area contributed by atoms with Crippen LogP contribution < -0.4 is 14.9 Å². The summed E-state index contributed by atoms with van der Waals surface area (Å²) in [6, 6.07) is 17.2. The second kappa shape index (κ2) is 9.89. The lowest BCUT2D eigenvalue weighted by Gasteiger charge is -2.08. The van der Waals surface area contributed by atoms with Gasteiger partial charge in [0.2, 0.25) is 10.7 Å². The molecule has 0 fully saturated rings. The highest BCUT2D eigenvalue weighted by atomic mass is 35.5. The predicted molar refractivity (Wildman–Crippen MR) is 108 cm³/mol. The van der Waals surface area contributed by atoms with Gasteiger partial charge in [-0.05, 0) is 36.2 Å². The molecule has 0 aliphatic rings. The minimum Gasteiger partial charge on any atom is -0.489 e. The summed E-state index contributed by atoms with van der Waals surface area (Å²) in [4.78, 5) is 12.4. The third-order valence-corrected chi connectivity index (χ3v) is 4.67. The standard InChI is InChI=1S/C19H20N4O2S.ClH/c1-2-18-22-23(19(20)26-18)12-17(24)21-15-8-10-16(11-9-15)25-13-14-6-4-3-5-7-14;/h3-11,20H,2,12-13H2,1H3,(H,21,24);1H. The smallest absolute Gasteiger partial charge is 0.246 e. The molecule has 27 heavy (non-hydrogen) atoms. The van der Waals surface area contributed by atoms with Gasteiger partial charge in [-0.2, -0.15) is 5.10 Å². The Bertz CT molecular complexity index is 923. The number of carbonyl (C=O) groups excluding carboxylic acids is 1. The van der Waals surface area contributed by atoms with Crippen LogP contribution in [-0.2, 0) is 24.4 Å². The molecule has 0 aliphatic carbocycles. The molecule has 0 radical (unpaired) electrons. The molecule has 2 N–H and O–H groups in total. The zero-order chi connectivity index (χ0) is 18.4. The van der Waals surface area contributed by atoms with Gasteiger partial charge < -0.3 is 10.1 Å². The van der Waals surface area contributed by atoms with Crippen LogP contribution in [0.4, 0.5) is 5.69 Å². The number of aryl methyl sites for hydroxylation is 1. The van der Waals surface area contributed by atoms with Crippen LogP contribution in [-0.4, -0.2) is 15.7 Å². The second-order valence-corrected chi connectivity index (χ2v) is 6.72. The highest BCUT2D eigenvalue weighted by molar-refractivity contribution is 7.08. The summed E-state index contributed by atoms with van der Waals surface area (Å²) in [7, 11) is 0. The van der Waals surface area contributed by atoms with E-state index >= 15 is 0 Å². The Balaban J connectivity index is 0.00000261. The number of nitrogens with one attached hydrogen (secondary N) is 2. The first-order chi connectivity index (χ1) is 12.6. The van der Waals surface area contributed by atoms with Crippen LogP contribution in [0.25, 0.3) is 0 Å². The number of rotatable bonds is 7. The average Bonchev–Trinajstić information content (AvgIpc) is 3.01. The summed E-state index contributed by atoms with van der Waals surface area (Å²) in [5.41, 5.74) is 1.78. The van der Waals surface area contributed by atoms with Gasteiger partial charge in [-0.15, -0.1) is 12.4 Å². The van der Waals surface area contributed by atoms with Gasteiger partial charge in [0.25, 0.3) is 0 Å². The van der Waals surface area contributed by atoms with Crippen LogP contribution in [0.5, 0.6) is 5.75 Å². The van der Waals surface area contributed by atoms with Gasteiger partial charge in [0.1, 0.15) is 23.9 Å². The van der Waals surface area contributed by atoms with Gasteiger partial charge in [-0.25, -0.2) is 4.68 Å². The van der Waals surface area contributed by atoms with Gasteiger partial charge in [0.15, 0.2) is 0 Å². The Morgan fingerprint density at radius 2 is 1.89 bits per heavy atom. The van der Waals surface area contributed by atoms with Crippen LogP contribution in [0.1, 0.15) is 17.5 Å². The van der Waals surface area contributed by atoms with Crippen LogP contribution >= 0.6 is 23.7 Å². The van der Waals surface area contributed by atoms with Gasteiger partial charge in [0.05, 0.1) is 0 Å². The number of hydrogen-bond donors (Lipinski definition) is 2. The molecular formula is C19H21ClN4O2S. The third-order valence-electron chi connectivity index (χ3n) is 3.66. The van der Waals surface area contributed by atoms with E-state index < -0.39 is 0 Å². The summed E-state index contributed by atoms with van der Waals surface area (Å²) in [6.07, 6.45) is 0.760. The quantitative estimate of drug-likeness (QED) is 0.631. The first-order valence-corrected chi connectivity index (χ1v) is 9.13. The zero-order valence-corrected chi connectivity index (χ0v) is 16.5. The molecule has 0 atom stereocenters. The number of amides is 1. The van der Waals surface area contributed by atoms with E-state index in [2.05, 4.69) is 10.4 Å². The monoisotopic (exact) mass is 404 g/mol. The van der Waals surface area contributed by atoms with Crippen molar-refractivity contribution in [2.45, 2.75) is 26.5 Å². The van der Waals surface area contributed by atoms with E-state index in [1.165, 1.54) is 16.0 Å².